The van der Waals surface area contributed by atoms with Crippen LogP contribution < -0.4 is 10.6 Å². The van der Waals surface area contributed by atoms with Gasteiger partial charge in [0.2, 0.25) is 5.91 Å². The lowest BCUT2D eigenvalue weighted by Gasteiger charge is -2.28. The third-order valence-electron chi connectivity index (χ3n) is 5.96. The third-order valence-corrected chi connectivity index (χ3v) is 8.05. The first kappa shape index (κ1) is 24.4. The van der Waals surface area contributed by atoms with E-state index in [1.165, 1.54) is 18.2 Å². The van der Waals surface area contributed by atoms with E-state index in [4.69, 9.17) is 0 Å². The van der Waals surface area contributed by atoms with Crippen LogP contribution in [-0.4, -0.2) is 31.8 Å². The summed E-state index contributed by atoms with van der Waals surface area (Å²) in [5.74, 6) is -2.69. The van der Waals surface area contributed by atoms with Crippen molar-refractivity contribution in [3.8, 4) is 0 Å². The Bertz CT molecular complexity index is 1300. The van der Waals surface area contributed by atoms with Crippen molar-refractivity contribution in [2.45, 2.75) is 22.9 Å². The number of rotatable bonds is 5. The second-order valence-corrected chi connectivity index (χ2v) is 10.9. The summed E-state index contributed by atoms with van der Waals surface area (Å²) in [4.78, 5) is 24.8. The van der Waals surface area contributed by atoms with Crippen molar-refractivity contribution in [2.75, 3.05) is 5.32 Å². The summed E-state index contributed by atoms with van der Waals surface area (Å²) in [6.07, 6.45) is 4.33. The number of alkyl halides is 3. The van der Waals surface area contributed by atoms with Crippen molar-refractivity contribution in [3.63, 3.8) is 0 Å². The summed E-state index contributed by atoms with van der Waals surface area (Å²) in [6.45, 7) is 0. The molecule has 0 saturated heterocycles. The van der Waals surface area contributed by atoms with Gasteiger partial charge in [0, 0.05) is 17.3 Å². The lowest BCUT2D eigenvalue weighted by Crippen LogP contribution is -2.47. The van der Waals surface area contributed by atoms with Gasteiger partial charge in [0.25, 0.3) is 15.7 Å². The van der Waals surface area contributed by atoms with Crippen LogP contribution in [0.1, 0.15) is 16.8 Å². The number of carbonyl (C=O) groups is 2. The number of fused-ring (bicyclic) bond motifs is 2. The van der Waals surface area contributed by atoms with E-state index in [-0.39, 0.29) is 27.6 Å². The molecule has 0 unspecified atom stereocenters. The van der Waals surface area contributed by atoms with E-state index in [0.717, 1.165) is 24.3 Å². The molecule has 2 aromatic rings. The zero-order valence-electron chi connectivity index (χ0n) is 17.1. The van der Waals surface area contributed by atoms with Gasteiger partial charge in [-0.05, 0) is 70.6 Å². The highest BCUT2D eigenvalue weighted by molar-refractivity contribution is 9.10. The molecule has 6 nitrogen and oxygen atoms in total. The van der Waals surface area contributed by atoms with E-state index in [1.54, 1.807) is 0 Å². The van der Waals surface area contributed by atoms with Crippen LogP contribution in [0.25, 0.3) is 0 Å². The maximum atomic E-state index is 13.5. The number of hydrogen-bond acceptors (Lipinski definition) is 4. The van der Waals surface area contributed by atoms with Crippen molar-refractivity contribution in [1.82, 2.24) is 5.32 Å². The molecule has 2 N–H and O–H groups in total. The van der Waals surface area contributed by atoms with E-state index in [1.807, 2.05) is 12.2 Å². The molecule has 0 radical (unpaired) electrons. The number of nitrogens with one attached hydrogen (secondary N) is 2. The Kier molecular flexibility index (Phi) is 6.32. The Hall–Kier alpha value is -2.73. The number of carbonyl (C=O) groups excluding carboxylic acids is 2. The van der Waals surface area contributed by atoms with Crippen molar-refractivity contribution in [3.05, 3.63) is 70.5 Å². The molecular formula is C22H17BrF4N2O4S. The molecule has 0 aliphatic heterocycles. The van der Waals surface area contributed by atoms with E-state index in [2.05, 4.69) is 26.6 Å². The quantitative estimate of drug-likeness (QED) is 0.417. The highest BCUT2D eigenvalue weighted by Gasteiger charge is 2.49. The minimum atomic E-state index is -5.58. The highest BCUT2D eigenvalue weighted by Crippen LogP contribution is 2.44. The third kappa shape index (κ3) is 4.48. The smallest absolute Gasteiger partial charge is 0.348 e. The molecule has 2 aromatic carbocycles. The summed E-state index contributed by atoms with van der Waals surface area (Å²) in [7, 11) is -5.58. The molecule has 1 fully saturated rings. The summed E-state index contributed by atoms with van der Waals surface area (Å²) < 4.78 is 75.6. The average molecular weight is 561 g/mol. The van der Waals surface area contributed by atoms with Crippen LogP contribution in [0.3, 0.4) is 0 Å². The number of halogens is 5. The molecule has 2 bridgehead atoms. The predicted octanol–water partition coefficient (Wildman–Crippen LogP) is 4.44. The van der Waals surface area contributed by atoms with E-state index < -0.39 is 49.8 Å². The molecule has 2 amide bonds. The molecule has 4 rings (SSSR count). The number of hydrogen-bond donors (Lipinski definition) is 2. The first-order chi connectivity index (χ1) is 15.9. The first-order valence-corrected chi connectivity index (χ1v) is 12.3. The fraction of sp³-hybridized carbons (Fsp3) is 0.273. The Morgan fingerprint density at radius 3 is 2.41 bits per heavy atom. The van der Waals surface area contributed by atoms with Crippen LogP contribution in [0.2, 0.25) is 0 Å². The summed E-state index contributed by atoms with van der Waals surface area (Å²) >= 11 is 3.02. The Morgan fingerprint density at radius 2 is 1.74 bits per heavy atom. The topological polar surface area (TPSA) is 92.3 Å². The second kappa shape index (κ2) is 8.81. The number of benzene rings is 2. The van der Waals surface area contributed by atoms with Gasteiger partial charge in [-0.2, -0.15) is 13.2 Å². The molecule has 0 aromatic heterocycles. The van der Waals surface area contributed by atoms with Crippen LogP contribution >= 0.6 is 15.9 Å². The van der Waals surface area contributed by atoms with E-state index in [0.29, 0.717) is 6.42 Å². The molecule has 0 spiro atoms. The molecule has 2 aliphatic rings. The van der Waals surface area contributed by atoms with Crippen molar-refractivity contribution < 1.29 is 35.6 Å². The average Bonchev–Trinajstić information content (AvgIpc) is 3.36. The predicted molar refractivity (Wildman–Crippen MR) is 118 cm³/mol. The zero-order valence-corrected chi connectivity index (χ0v) is 19.5. The lowest BCUT2D eigenvalue weighted by atomic mass is 9.87. The summed E-state index contributed by atoms with van der Waals surface area (Å²) in [5.41, 5.74) is -5.41. The van der Waals surface area contributed by atoms with Crippen LogP contribution in [0, 0.1) is 23.6 Å². The maximum Gasteiger partial charge on any atom is 0.501 e. The Balaban J connectivity index is 1.53. The summed E-state index contributed by atoms with van der Waals surface area (Å²) in [6, 6.07) is 7.06. The number of amides is 2. The normalized spacial score (nSPS) is 23.7. The van der Waals surface area contributed by atoms with Crippen LogP contribution in [0.15, 0.2) is 64.0 Å². The molecular weight excluding hydrogens is 544 g/mol. The Labute approximate surface area is 200 Å². The van der Waals surface area contributed by atoms with Crippen molar-refractivity contribution >= 4 is 43.3 Å². The lowest BCUT2D eigenvalue weighted by molar-refractivity contribution is -0.121. The molecule has 180 valence electrons. The fourth-order valence-corrected chi connectivity index (χ4v) is 5.53. The molecule has 4 atom stereocenters. The van der Waals surface area contributed by atoms with Gasteiger partial charge in [-0.1, -0.05) is 18.2 Å². The first-order valence-electron chi connectivity index (χ1n) is 10.0. The molecule has 12 heteroatoms. The Morgan fingerprint density at radius 1 is 1.03 bits per heavy atom. The number of sulfone groups is 1. The standard InChI is InChI=1S/C22H17BrF4N2O4S/c23-16-9-13(6-7-17(16)24)20(30)29-19-12-5-4-11(8-12)18(19)21(31)28-14-2-1-3-15(10-14)34(32,33)22(25,26)27/h1-7,9-12,18-19H,8H2,(H,28,31)(H,29,30)/t11-,12+,18+,19-/m0/s1. The summed E-state index contributed by atoms with van der Waals surface area (Å²) in [5, 5.41) is 5.29. The maximum absolute atomic E-state index is 13.5. The largest absolute Gasteiger partial charge is 0.501 e. The highest BCUT2D eigenvalue weighted by atomic mass is 79.9. The SMILES string of the molecule is O=C(N[C@@H]1[C@H](C(=O)Nc2cccc(S(=O)(=O)C(F)(F)F)c2)[C@H]2C=C[C@@H]1C2)c1ccc(F)c(Br)c1. The minimum absolute atomic E-state index is 0.107. The van der Waals surface area contributed by atoms with Crippen molar-refractivity contribution in [2.24, 2.45) is 17.8 Å². The number of allylic oxidation sites excluding steroid dienone is 1. The van der Waals surface area contributed by atoms with Gasteiger partial charge in [0.1, 0.15) is 5.82 Å². The van der Waals surface area contributed by atoms with Crippen molar-refractivity contribution in [1.29, 1.82) is 0 Å². The fourth-order valence-electron chi connectivity index (χ4n) is 4.35. The van der Waals surface area contributed by atoms with Gasteiger partial charge >= 0.3 is 5.51 Å². The molecule has 1 saturated carbocycles. The molecule has 34 heavy (non-hydrogen) atoms. The molecule has 0 heterocycles. The van der Waals surface area contributed by atoms with Gasteiger partial charge < -0.3 is 10.6 Å². The van der Waals surface area contributed by atoms with Crippen LogP contribution in [-0.2, 0) is 14.6 Å². The zero-order chi connectivity index (χ0) is 24.8. The second-order valence-electron chi connectivity index (χ2n) is 8.07. The van der Waals surface area contributed by atoms with Crippen LogP contribution in [0.5, 0.6) is 0 Å². The van der Waals surface area contributed by atoms with Crippen LogP contribution in [0.4, 0.5) is 23.2 Å². The molecule has 2 aliphatic carbocycles. The van der Waals surface area contributed by atoms with Gasteiger partial charge in [0.15, 0.2) is 0 Å². The van der Waals surface area contributed by atoms with Gasteiger partial charge in [-0.15, -0.1) is 0 Å². The van der Waals surface area contributed by atoms with E-state index >= 15 is 0 Å². The minimum Gasteiger partial charge on any atom is -0.348 e. The van der Waals surface area contributed by atoms with Gasteiger partial charge in [-0.25, -0.2) is 12.8 Å². The monoisotopic (exact) mass is 560 g/mol. The van der Waals surface area contributed by atoms with E-state index in [9.17, 15) is 35.6 Å². The van der Waals surface area contributed by atoms with Gasteiger partial charge in [0.05, 0.1) is 15.3 Å². The number of anilines is 1. The van der Waals surface area contributed by atoms with Gasteiger partial charge in [-0.3, -0.25) is 9.59 Å².